The summed E-state index contributed by atoms with van der Waals surface area (Å²) in [5.41, 5.74) is 1.68. The van der Waals surface area contributed by atoms with Gasteiger partial charge in [-0.3, -0.25) is 14.6 Å². The number of carbonyl (C=O) groups excluding carboxylic acids is 2. The van der Waals surface area contributed by atoms with Crippen LogP contribution in [-0.4, -0.2) is 64.3 Å². The standard InChI is InChI=1S/C17H21N5O2/c1-13(23)21-8-10-22(11-9-21)17(24)6-7-18-16-12-19-14-4-2-3-5-15(14)20-16/h2-5,12H,6-11H2,1H3,(H,18,20). The third-order valence-corrected chi connectivity index (χ3v) is 4.17. The summed E-state index contributed by atoms with van der Waals surface area (Å²) in [6, 6.07) is 7.67. The molecule has 2 heterocycles. The van der Waals surface area contributed by atoms with Crippen LogP contribution in [0.4, 0.5) is 5.82 Å². The van der Waals surface area contributed by atoms with Gasteiger partial charge in [-0.05, 0) is 12.1 Å². The van der Waals surface area contributed by atoms with Gasteiger partial charge in [0.15, 0.2) is 0 Å². The van der Waals surface area contributed by atoms with Gasteiger partial charge in [0.2, 0.25) is 11.8 Å². The van der Waals surface area contributed by atoms with Gasteiger partial charge < -0.3 is 15.1 Å². The Hall–Kier alpha value is -2.70. The molecule has 2 aromatic rings. The number of nitrogens with zero attached hydrogens (tertiary/aromatic N) is 4. The third-order valence-electron chi connectivity index (χ3n) is 4.17. The second-order valence-electron chi connectivity index (χ2n) is 5.81. The molecule has 24 heavy (non-hydrogen) atoms. The van der Waals surface area contributed by atoms with E-state index >= 15 is 0 Å². The molecule has 0 spiro atoms. The Kier molecular flexibility index (Phi) is 4.88. The zero-order chi connectivity index (χ0) is 16.9. The van der Waals surface area contributed by atoms with E-state index in [1.165, 1.54) is 0 Å². The summed E-state index contributed by atoms with van der Waals surface area (Å²) in [4.78, 5) is 35.9. The van der Waals surface area contributed by atoms with Crippen LogP contribution >= 0.6 is 0 Å². The molecule has 1 aromatic heterocycles. The highest BCUT2D eigenvalue weighted by Crippen LogP contribution is 2.11. The predicted molar refractivity (Wildman–Crippen MR) is 91.5 cm³/mol. The van der Waals surface area contributed by atoms with Gasteiger partial charge in [-0.25, -0.2) is 4.98 Å². The molecule has 1 saturated heterocycles. The van der Waals surface area contributed by atoms with E-state index in [1.807, 2.05) is 29.2 Å². The number of amides is 2. The van der Waals surface area contributed by atoms with Crippen molar-refractivity contribution in [2.45, 2.75) is 13.3 Å². The molecule has 2 amide bonds. The Balaban J connectivity index is 1.47. The van der Waals surface area contributed by atoms with E-state index in [0.29, 0.717) is 45.0 Å². The highest BCUT2D eigenvalue weighted by Gasteiger charge is 2.21. The van der Waals surface area contributed by atoms with Crippen LogP contribution in [0.5, 0.6) is 0 Å². The summed E-state index contributed by atoms with van der Waals surface area (Å²) in [6.45, 7) is 4.52. The van der Waals surface area contributed by atoms with E-state index < -0.39 is 0 Å². The van der Waals surface area contributed by atoms with E-state index in [9.17, 15) is 9.59 Å². The number of carbonyl (C=O) groups is 2. The first kappa shape index (κ1) is 16.2. The first-order chi connectivity index (χ1) is 11.6. The molecule has 1 aliphatic rings. The molecular weight excluding hydrogens is 306 g/mol. The van der Waals surface area contributed by atoms with E-state index in [4.69, 9.17) is 0 Å². The fraction of sp³-hybridized carbons (Fsp3) is 0.412. The zero-order valence-corrected chi connectivity index (χ0v) is 13.7. The maximum absolute atomic E-state index is 12.2. The topological polar surface area (TPSA) is 78.4 Å². The maximum atomic E-state index is 12.2. The van der Waals surface area contributed by atoms with Gasteiger partial charge in [-0.15, -0.1) is 0 Å². The van der Waals surface area contributed by atoms with E-state index in [-0.39, 0.29) is 11.8 Å². The van der Waals surface area contributed by atoms with Crippen molar-refractivity contribution in [1.82, 2.24) is 19.8 Å². The van der Waals surface area contributed by atoms with Crippen molar-refractivity contribution in [3.8, 4) is 0 Å². The van der Waals surface area contributed by atoms with E-state index in [0.717, 1.165) is 11.0 Å². The van der Waals surface area contributed by atoms with Crippen LogP contribution in [-0.2, 0) is 9.59 Å². The molecule has 1 aliphatic heterocycles. The predicted octanol–water partition coefficient (Wildman–Crippen LogP) is 1.12. The number of para-hydroxylation sites is 2. The highest BCUT2D eigenvalue weighted by atomic mass is 16.2. The fourth-order valence-corrected chi connectivity index (χ4v) is 2.77. The van der Waals surface area contributed by atoms with Gasteiger partial charge >= 0.3 is 0 Å². The molecular formula is C17H21N5O2. The molecule has 0 radical (unpaired) electrons. The summed E-state index contributed by atoms with van der Waals surface area (Å²) in [5, 5.41) is 3.15. The van der Waals surface area contributed by atoms with Crippen molar-refractivity contribution in [1.29, 1.82) is 0 Å². The smallest absolute Gasteiger partial charge is 0.224 e. The molecule has 0 aliphatic carbocycles. The number of hydrogen-bond donors (Lipinski definition) is 1. The van der Waals surface area contributed by atoms with E-state index in [1.54, 1.807) is 18.0 Å². The van der Waals surface area contributed by atoms with Gasteiger partial charge in [-0.1, -0.05) is 12.1 Å². The van der Waals surface area contributed by atoms with Crippen molar-refractivity contribution < 1.29 is 9.59 Å². The fourth-order valence-electron chi connectivity index (χ4n) is 2.77. The van der Waals surface area contributed by atoms with Crippen molar-refractivity contribution in [2.75, 3.05) is 38.0 Å². The molecule has 1 fully saturated rings. The molecule has 1 aromatic carbocycles. The van der Waals surface area contributed by atoms with Gasteiger partial charge in [-0.2, -0.15) is 0 Å². The minimum absolute atomic E-state index is 0.0682. The number of piperazine rings is 1. The number of anilines is 1. The highest BCUT2D eigenvalue weighted by molar-refractivity contribution is 5.78. The first-order valence-corrected chi connectivity index (χ1v) is 8.12. The Bertz CT molecular complexity index is 741. The lowest BCUT2D eigenvalue weighted by Crippen LogP contribution is -2.50. The van der Waals surface area contributed by atoms with Crippen LogP contribution in [0.1, 0.15) is 13.3 Å². The number of fused-ring (bicyclic) bond motifs is 1. The SMILES string of the molecule is CC(=O)N1CCN(C(=O)CCNc2cnc3ccccc3n2)CC1. The largest absolute Gasteiger partial charge is 0.368 e. The van der Waals surface area contributed by atoms with Gasteiger partial charge in [0.05, 0.1) is 17.2 Å². The molecule has 0 saturated carbocycles. The Morgan fingerprint density at radius 1 is 1.08 bits per heavy atom. The number of rotatable bonds is 4. The minimum atomic E-state index is 0.0682. The van der Waals surface area contributed by atoms with Crippen molar-refractivity contribution >= 4 is 28.7 Å². The van der Waals surface area contributed by atoms with Crippen LogP contribution in [0, 0.1) is 0 Å². The average Bonchev–Trinajstić information content (AvgIpc) is 2.61. The summed E-state index contributed by atoms with van der Waals surface area (Å²) in [5.74, 6) is 0.834. The number of nitrogens with one attached hydrogen (secondary N) is 1. The normalized spacial score (nSPS) is 14.7. The summed E-state index contributed by atoms with van der Waals surface area (Å²) in [7, 11) is 0. The molecule has 0 unspecified atom stereocenters. The van der Waals surface area contributed by atoms with Crippen molar-refractivity contribution in [3.05, 3.63) is 30.5 Å². The number of aromatic nitrogens is 2. The van der Waals surface area contributed by atoms with Gasteiger partial charge in [0.25, 0.3) is 0 Å². The second-order valence-corrected chi connectivity index (χ2v) is 5.81. The summed E-state index contributed by atoms with van der Waals surface area (Å²) < 4.78 is 0. The van der Waals surface area contributed by atoms with Crippen LogP contribution in [0.25, 0.3) is 11.0 Å². The van der Waals surface area contributed by atoms with Gasteiger partial charge in [0.1, 0.15) is 5.82 Å². The average molecular weight is 327 g/mol. The number of hydrogen-bond acceptors (Lipinski definition) is 5. The molecule has 7 nitrogen and oxygen atoms in total. The first-order valence-electron chi connectivity index (χ1n) is 8.12. The van der Waals surface area contributed by atoms with Crippen LogP contribution in [0.2, 0.25) is 0 Å². The Labute approximate surface area is 140 Å². The molecule has 126 valence electrons. The monoisotopic (exact) mass is 327 g/mol. The zero-order valence-electron chi connectivity index (χ0n) is 13.7. The maximum Gasteiger partial charge on any atom is 0.224 e. The number of benzene rings is 1. The lowest BCUT2D eigenvalue weighted by molar-refractivity contribution is -0.138. The second kappa shape index (κ2) is 7.25. The molecule has 7 heteroatoms. The summed E-state index contributed by atoms with van der Waals surface area (Å²) >= 11 is 0. The van der Waals surface area contributed by atoms with E-state index in [2.05, 4.69) is 15.3 Å². The quantitative estimate of drug-likeness (QED) is 0.910. The van der Waals surface area contributed by atoms with Crippen molar-refractivity contribution in [2.24, 2.45) is 0 Å². The lowest BCUT2D eigenvalue weighted by Gasteiger charge is -2.34. The lowest BCUT2D eigenvalue weighted by atomic mass is 10.2. The minimum Gasteiger partial charge on any atom is -0.368 e. The van der Waals surface area contributed by atoms with Crippen molar-refractivity contribution in [3.63, 3.8) is 0 Å². The summed E-state index contributed by atoms with van der Waals surface area (Å²) in [6.07, 6.45) is 2.08. The van der Waals surface area contributed by atoms with Crippen LogP contribution in [0.15, 0.2) is 30.5 Å². The Morgan fingerprint density at radius 2 is 1.75 bits per heavy atom. The molecule has 0 atom stereocenters. The van der Waals surface area contributed by atoms with Crippen LogP contribution < -0.4 is 5.32 Å². The molecule has 0 bridgehead atoms. The molecule has 1 N–H and O–H groups in total. The Morgan fingerprint density at radius 3 is 2.46 bits per heavy atom. The van der Waals surface area contributed by atoms with Gasteiger partial charge in [0, 0.05) is 46.1 Å². The van der Waals surface area contributed by atoms with Crippen LogP contribution in [0.3, 0.4) is 0 Å². The third kappa shape index (κ3) is 3.79. The molecule has 3 rings (SSSR count).